The Hall–Kier alpha value is -2.09. The van der Waals surface area contributed by atoms with Gasteiger partial charge in [-0.25, -0.2) is 9.59 Å². The first kappa shape index (κ1) is 25.9. The molecule has 0 spiro atoms. The van der Waals surface area contributed by atoms with Crippen LogP contribution in [-0.2, 0) is 33.3 Å². The van der Waals surface area contributed by atoms with Crippen molar-refractivity contribution in [3.8, 4) is 0 Å². The minimum absolute atomic E-state index is 0.250. The van der Waals surface area contributed by atoms with Crippen LogP contribution >= 0.6 is 0 Å². The Morgan fingerprint density at radius 1 is 0.857 bits per heavy atom. The molecular weight excluding hydrogens is 368 g/mol. The second kappa shape index (κ2) is 11.0. The summed E-state index contributed by atoms with van der Waals surface area (Å²) in [6.07, 6.45) is 1.18. The molecule has 0 radical (unpaired) electrons. The van der Waals surface area contributed by atoms with Gasteiger partial charge in [0.15, 0.2) is 0 Å². The summed E-state index contributed by atoms with van der Waals surface area (Å²) in [7, 11) is 0. The SMILES string of the molecule is C=COC(=O)OC(C)(C)C(=O)OC(C)(C)CCOCCC(C)(C)OC(=O)CC. The summed E-state index contributed by atoms with van der Waals surface area (Å²) in [5, 5.41) is 0. The molecule has 0 heterocycles. The lowest BCUT2D eigenvalue weighted by Gasteiger charge is -2.30. The number of hydrogen-bond donors (Lipinski definition) is 0. The molecule has 0 atom stereocenters. The van der Waals surface area contributed by atoms with Gasteiger partial charge in [0, 0.05) is 19.3 Å². The molecule has 0 N–H and O–H groups in total. The van der Waals surface area contributed by atoms with Crippen molar-refractivity contribution in [1.82, 2.24) is 0 Å². The second-order valence-corrected chi connectivity index (χ2v) is 8.00. The van der Waals surface area contributed by atoms with E-state index in [1.54, 1.807) is 20.8 Å². The maximum atomic E-state index is 12.3. The molecule has 0 rings (SSSR count). The van der Waals surface area contributed by atoms with Gasteiger partial charge in [-0.2, -0.15) is 0 Å². The van der Waals surface area contributed by atoms with Gasteiger partial charge >= 0.3 is 18.1 Å². The van der Waals surface area contributed by atoms with Crippen LogP contribution in [0.25, 0.3) is 0 Å². The quantitative estimate of drug-likeness (QED) is 0.210. The van der Waals surface area contributed by atoms with Crippen molar-refractivity contribution in [2.75, 3.05) is 13.2 Å². The van der Waals surface area contributed by atoms with Gasteiger partial charge in [-0.15, -0.1) is 0 Å². The topological polar surface area (TPSA) is 97.4 Å². The lowest BCUT2D eigenvalue weighted by molar-refractivity contribution is -0.178. The maximum Gasteiger partial charge on any atom is 0.514 e. The summed E-state index contributed by atoms with van der Waals surface area (Å²) in [5.41, 5.74) is -2.94. The van der Waals surface area contributed by atoms with Gasteiger partial charge < -0.3 is 23.7 Å². The molecule has 8 nitrogen and oxygen atoms in total. The highest BCUT2D eigenvalue weighted by Crippen LogP contribution is 2.22. The second-order valence-electron chi connectivity index (χ2n) is 8.00. The number of carbonyl (C=O) groups excluding carboxylic acids is 3. The van der Waals surface area contributed by atoms with Crippen LogP contribution < -0.4 is 0 Å². The molecule has 0 fully saturated rings. The van der Waals surface area contributed by atoms with Gasteiger partial charge in [-0.05, 0) is 41.5 Å². The fourth-order valence-corrected chi connectivity index (χ4v) is 1.94. The normalized spacial score (nSPS) is 12.1. The van der Waals surface area contributed by atoms with Gasteiger partial charge in [0.2, 0.25) is 5.60 Å². The average Bonchev–Trinajstić information content (AvgIpc) is 2.52. The predicted octanol–water partition coefficient (Wildman–Crippen LogP) is 3.91. The molecule has 0 aliphatic rings. The molecule has 28 heavy (non-hydrogen) atoms. The Morgan fingerprint density at radius 3 is 1.82 bits per heavy atom. The third-order valence-corrected chi connectivity index (χ3v) is 3.75. The highest BCUT2D eigenvalue weighted by molar-refractivity contribution is 5.81. The Balaban J connectivity index is 4.36. The largest absolute Gasteiger partial charge is 0.514 e. The molecule has 0 aromatic carbocycles. The van der Waals surface area contributed by atoms with Crippen LogP contribution in [0.1, 0.15) is 67.7 Å². The summed E-state index contributed by atoms with van der Waals surface area (Å²) < 4.78 is 25.7. The van der Waals surface area contributed by atoms with Crippen LogP contribution in [0.5, 0.6) is 0 Å². The summed E-state index contributed by atoms with van der Waals surface area (Å²) in [5.74, 6) is -0.953. The highest BCUT2D eigenvalue weighted by atomic mass is 16.7. The van der Waals surface area contributed by atoms with E-state index in [2.05, 4.69) is 11.3 Å². The highest BCUT2D eigenvalue weighted by Gasteiger charge is 2.38. The van der Waals surface area contributed by atoms with E-state index in [0.717, 1.165) is 6.26 Å². The van der Waals surface area contributed by atoms with Crippen LogP contribution in [0, 0.1) is 0 Å². The van der Waals surface area contributed by atoms with E-state index in [1.807, 2.05) is 13.8 Å². The number of carbonyl (C=O) groups is 3. The van der Waals surface area contributed by atoms with Crippen molar-refractivity contribution in [3.63, 3.8) is 0 Å². The van der Waals surface area contributed by atoms with E-state index in [1.165, 1.54) is 13.8 Å². The summed E-state index contributed by atoms with van der Waals surface area (Å²) in [4.78, 5) is 35.0. The van der Waals surface area contributed by atoms with Crippen LogP contribution in [0.15, 0.2) is 12.8 Å². The summed E-state index contributed by atoms with van der Waals surface area (Å²) >= 11 is 0. The van der Waals surface area contributed by atoms with E-state index in [-0.39, 0.29) is 5.97 Å². The number of esters is 2. The zero-order chi connectivity index (χ0) is 22.0. The molecule has 0 aliphatic carbocycles. The van der Waals surface area contributed by atoms with Gasteiger partial charge in [0.05, 0.1) is 19.5 Å². The first-order valence-electron chi connectivity index (χ1n) is 9.28. The third kappa shape index (κ3) is 10.9. The molecule has 0 bridgehead atoms. The van der Waals surface area contributed by atoms with Crippen molar-refractivity contribution in [3.05, 3.63) is 12.8 Å². The van der Waals surface area contributed by atoms with Crippen LogP contribution in [-0.4, -0.2) is 48.1 Å². The minimum Gasteiger partial charge on any atom is -0.460 e. The summed E-state index contributed by atoms with van der Waals surface area (Å²) in [6.45, 7) is 15.7. The standard InChI is InChI=1S/C20H34O8/c1-9-15(21)26-18(3,4)11-13-24-14-12-19(5,6)27-16(22)20(7,8)28-17(23)25-10-2/h10H,2,9,11-14H2,1,3-8H3. The average molecular weight is 402 g/mol. The van der Waals surface area contributed by atoms with Crippen LogP contribution in [0.2, 0.25) is 0 Å². The molecule has 0 unspecified atom stereocenters. The lowest BCUT2D eigenvalue weighted by atomic mass is 10.0. The molecule has 0 aromatic heterocycles. The predicted molar refractivity (Wildman–Crippen MR) is 103 cm³/mol. The first-order valence-corrected chi connectivity index (χ1v) is 9.28. The monoisotopic (exact) mass is 402 g/mol. The molecule has 0 amide bonds. The van der Waals surface area contributed by atoms with Crippen molar-refractivity contribution < 1.29 is 38.1 Å². The smallest absolute Gasteiger partial charge is 0.460 e. The fraction of sp³-hybridized carbons (Fsp3) is 0.750. The van der Waals surface area contributed by atoms with Crippen molar-refractivity contribution in [1.29, 1.82) is 0 Å². The van der Waals surface area contributed by atoms with Crippen LogP contribution in [0.4, 0.5) is 4.79 Å². The van der Waals surface area contributed by atoms with Crippen molar-refractivity contribution in [2.45, 2.75) is 84.5 Å². The van der Waals surface area contributed by atoms with E-state index in [0.29, 0.717) is 32.5 Å². The Morgan fingerprint density at radius 2 is 1.36 bits per heavy atom. The van der Waals surface area contributed by atoms with E-state index >= 15 is 0 Å². The van der Waals surface area contributed by atoms with Crippen molar-refractivity contribution >= 4 is 18.1 Å². The van der Waals surface area contributed by atoms with E-state index in [4.69, 9.17) is 18.9 Å². The zero-order valence-electron chi connectivity index (χ0n) is 18.1. The molecule has 0 aromatic rings. The number of ether oxygens (including phenoxy) is 5. The Labute approximate surface area is 167 Å². The maximum absolute atomic E-state index is 12.3. The van der Waals surface area contributed by atoms with E-state index in [9.17, 15) is 14.4 Å². The zero-order valence-corrected chi connectivity index (χ0v) is 18.1. The summed E-state index contributed by atoms with van der Waals surface area (Å²) in [6, 6.07) is 0. The molecule has 0 aliphatic heterocycles. The molecular formula is C20H34O8. The molecule has 0 saturated carbocycles. The first-order chi connectivity index (χ1) is 12.7. The molecule has 0 saturated heterocycles. The van der Waals surface area contributed by atoms with Gasteiger partial charge in [0.25, 0.3) is 0 Å². The Kier molecular flexibility index (Phi) is 10.2. The van der Waals surface area contributed by atoms with Crippen LogP contribution in [0.3, 0.4) is 0 Å². The molecule has 8 heteroatoms. The lowest BCUT2D eigenvalue weighted by Crippen LogP contribution is -2.43. The van der Waals surface area contributed by atoms with E-state index < -0.39 is 28.9 Å². The Bertz CT molecular complexity index is 548. The fourth-order valence-electron chi connectivity index (χ4n) is 1.94. The molecule has 162 valence electrons. The number of hydrogen-bond acceptors (Lipinski definition) is 8. The van der Waals surface area contributed by atoms with Crippen molar-refractivity contribution in [2.24, 2.45) is 0 Å². The third-order valence-electron chi connectivity index (χ3n) is 3.75. The minimum atomic E-state index is -1.51. The number of rotatable bonds is 12. The van der Waals surface area contributed by atoms with Gasteiger partial charge in [-0.3, -0.25) is 4.79 Å². The van der Waals surface area contributed by atoms with Gasteiger partial charge in [-0.1, -0.05) is 13.5 Å². The van der Waals surface area contributed by atoms with Gasteiger partial charge in [0.1, 0.15) is 11.2 Å².